The molecule has 2 aliphatic rings. The largest absolute Gasteiger partial charge is 0.341 e. The Bertz CT molecular complexity index is 743. The van der Waals surface area contributed by atoms with E-state index in [2.05, 4.69) is 22.3 Å². The van der Waals surface area contributed by atoms with Crippen LogP contribution in [0.15, 0.2) is 41.8 Å². The number of rotatable bonds is 4. The van der Waals surface area contributed by atoms with Gasteiger partial charge >= 0.3 is 0 Å². The fourth-order valence-corrected chi connectivity index (χ4v) is 4.76. The highest BCUT2D eigenvalue weighted by molar-refractivity contribution is 7.10. The van der Waals surface area contributed by atoms with Crippen LogP contribution in [0.5, 0.6) is 0 Å². The number of halogens is 1. The maximum absolute atomic E-state index is 13.3. The second kappa shape index (κ2) is 7.86. The summed E-state index contributed by atoms with van der Waals surface area (Å²) < 4.78 is 13.3. The van der Waals surface area contributed by atoms with Gasteiger partial charge in [-0.15, -0.1) is 11.3 Å². The molecule has 2 saturated heterocycles. The predicted octanol–water partition coefficient (Wildman–Crippen LogP) is 3.28. The summed E-state index contributed by atoms with van der Waals surface area (Å²) in [7, 11) is 0. The molecule has 0 bridgehead atoms. The lowest BCUT2D eigenvalue weighted by atomic mass is 9.90. The molecular weight excluding hydrogens is 349 g/mol. The monoisotopic (exact) mass is 373 g/mol. The first-order valence-electron chi connectivity index (χ1n) is 9.27. The molecule has 0 saturated carbocycles. The highest BCUT2D eigenvalue weighted by atomic mass is 32.1. The van der Waals surface area contributed by atoms with E-state index in [4.69, 9.17) is 0 Å². The average Bonchev–Trinajstić information content (AvgIpc) is 3.33. The lowest BCUT2D eigenvalue weighted by molar-refractivity contribution is -0.134. The van der Waals surface area contributed by atoms with Crippen LogP contribution in [0.25, 0.3) is 0 Å². The molecule has 0 aliphatic carbocycles. The van der Waals surface area contributed by atoms with E-state index in [-0.39, 0.29) is 23.8 Å². The predicted molar refractivity (Wildman–Crippen MR) is 101 cm³/mol. The van der Waals surface area contributed by atoms with Crippen LogP contribution in [0, 0.1) is 11.7 Å². The van der Waals surface area contributed by atoms with E-state index in [1.165, 1.54) is 10.9 Å². The smallest absolute Gasteiger partial charge is 0.241 e. The van der Waals surface area contributed by atoms with Crippen molar-refractivity contribution in [2.75, 3.05) is 13.1 Å². The van der Waals surface area contributed by atoms with E-state index in [0.29, 0.717) is 5.92 Å². The SMILES string of the molecule is O=C(C1CC(c2cccs2)NN1)N1CCC(Cc2cccc(F)c2)CC1. The second-order valence-electron chi connectivity index (χ2n) is 7.25. The number of nitrogens with zero attached hydrogens (tertiary/aromatic N) is 1. The first kappa shape index (κ1) is 17.6. The van der Waals surface area contributed by atoms with E-state index < -0.39 is 0 Å². The van der Waals surface area contributed by atoms with Crippen molar-refractivity contribution in [3.8, 4) is 0 Å². The number of carbonyl (C=O) groups is 1. The van der Waals surface area contributed by atoms with Crippen molar-refractivity contribution in [1.29, 1.82) is 0 Å². The molecule has 2 atom stereocenters. The Balaban J connectivity index is 1.27. The highest BCUT2D eigenvalue weighted by Crippen LogP contribution is 2.28. The standard InChI is InChI=1S/C20H24FN3OS/c21-16-4-1-3-15(12-16)11-14-6-8-24(9-7-14)20(25)18-13-17(22-23-18)19-5-2-10-26-19/h1-5,10,12,14,17-18,22-23H,6-9,11,13H2. The van der Waals surface area contributed by atoms with Gasteiger partial charge in [0, 0.05) is 18.0 Å². The number of amides is 1. The zero-order valence-electron chi connectivity index (χ0n) is 14.7. The third-order valence-electron chi connectivity index (χ3n) is 5.43. The van der Waals surface area contributed by atoms with Gasteiger partial charge in [-0.05, 0) is 60.7 Å². The van der Waals surface area contributed by atoms with Gasteiger partial charge in [0.2, 0.25) is 5.91 Å². The summed E-state index contributed by atoms with van der Waals surface area (Å²) in [6, 6.07) is 11.1. The normalized spacial score (nSPS) is 24.1. The van der Waals surface area contributed by atoms with E-state index in [1.807, 2.05) is 17.0 Å². The fraction of sp³-hybridized carbons (Fsp3) is 0.450. The minimum Gasteiger partial charge on any atom is -0.341 e. The Morgan fingerprint density at radius 1 is 1.19 bits per heavy atom. The maximum Gasteiger partial charge on any atom is 0.241 e. The molecule has 3 heterocycles. The molecule has 0 spiro atoms. The molecule has 0 radical (unpaired) electrons. The van der Waals surface area contributed by atoms with Gasteiger partial charge in [-0.3, -0.25) is 4.79 Å². The summed E-state index contributed by atoms with van der Waals surface area (Å²) in [6.07, 6.45) is 3.65. The van der Waals surface area contributed by atoms with E-state index in [9.17, 15) is 9.18 Å². The van der Waals surface area contributed by atoms with Gasteiger partial charge in [0.1, 0.15) is 11.9 Å². The molecule has 2 aromatic rings. The fourth-order valence-electron chi connectivity index (χ4n) is 3.97. The molecule has 4 nitrogen and oxygen atoms in total. The van der Waals surface area contributed by atoms with Crippen LogP contribution in [0.2, 0.25) is 0 Å². The number of carbonyl (C=O) groups excluding carboxylic acids is 1. The van der Waals surface area contributed by atoms with Crippen molar-refractivity contribution in [1.82, 2.24) is 15.8 Å². The molecule has 2 fully saturated rings. The average molecular weight is 373 g/mol. The van der Waals surface area contributed by atoms with Crippen LogP contribution in [0.3, 0.4) is 0 Å². The molecule has 1 aromatic heterocycles. The maximum atomic E-state index is 13.3. The Labute approximate surface area is 157 Å². The molecule has 1 amide bonds. The number of benzene rings is 1. The van der Waals surface area contributed by atoms with E-state index >= 15 is 0 Å². The van der Waals surface area contributed by atoms with Crippen LogP contribution in [-0.2, 0) is 11.2 Å². The van der Waals surface area contributed by atoms with Crippen LogP contribution in [-0.4, -0.2) is 29.9 Å². The van der Waals surface area contributed by atoms with Crippen molar-refractivity contribution in [2.45, 2.75) is 37.8 Å². The number of piperidine rings is 1. The molecule has 1 aromatic carbocycles. The minimum absolute atomic E-state index is 0.151. The summed E-state index contributed by atoms with van der Waals surface area (Å²) in [6.45, 7) is 1.58. The van der Waals surface area contributed by atoms with Gasteiger partial charge in [-0.25, -0.2) is 15.2 Å². The van der Waals surface area contributed by atoms with Gasteiger partial charge in [0.05, 0.1) is 6.04 Å². The molecule has 2 N–H and O–H groups in total. The zero-order valence-corrected chi connectivity index (χ0v) is 15.5. The number of hydrogen-bond acceptors (Lipinski definition) is 4. The highest BCUT2D eigenvalue weighted by Gasteiger charge is 2.34. The molecular formula is C20H24FN3OS. The molecule has 138 valence electrons. The van der Waals surface area contributed by atoms with Crippen molar-refractivity contribution in [3.63, 3.8) is 0 Å². The third kappa shape index (κ3) is 3.98. The van der Waals surface area contributed by atoms with Gasteiger partial charge in [0.15, 0.2) is 0 Å². The zero-order chi connectivity index (χ0) is 17.9. The minimum atomic E-state index is -0.171. The van der Waals surface area contributed by atoms with Gasteiger partial charge < -0.3 is 4.90 Å². The Morgan fingerprint density at radius 2 is 2.04 bits per heavy atom. The molecule has 6 heteroatoms. The summed E-state index contributed by atoms with van der Waals surface area (Å²) in [4.78, 5) is 16.1. The summed E-state index contributed by atoms with van der Waals surface area (Å²) >= 11 is 1.72. The van der Waals surface area contributed by atoms with Crippen molar-refractivity contribution in [2.24, 2.45) is 5.92 Å². The lowest BCUT2D eigenvalue weighted by Gasteiger charge is -2.33. The Kier molecular flexibility index (Phi) is 5.33. The topological polar surface area (TPSA) is 44.4 Å². The summed E-state index contributed by atoms with van der Waals surface area (Å²) in [5, 5.41) is 2.07. The van der Waals surface area contributed by atoms with Gasteiger partial charge in [-0.1, -0.05) is 18.2 Å². The van der Waals surface area contributed by atoms with Crippen LogP contribution in [0.1, 0.15) is 35.7 Å². The van der Waals surface area contributed by atoms with Crippen molar-refractivity contribution in [3.05, 3.63) is 58.0 Å². The van der Waals surface area contributed by atoms with Gasteiger partial charge in [-0.2, -0.15) is 0 Å². The number of likely N-dealkylation sites (tertiary alicyclic amines) is 1. The Hall–Kier alpha value is -1.76. The second-order valence-corrected chi connectivity index (χ2v) is 8.23. The summed E-state index contributed by atoms with van der Waals surface area (Å²) in [5.41, 5.74) is 7.48. The van der Waals surface area contributed by atoms with Crippen molar-refractivity contribution >= 4 is 17.2 Å². The van der Waals surface area contributed by atoms with Crippen LogP contribution >= 0.6 is 11.3 Å². The van der Waals surface area contributed by atoms with E-state index in [1.54, 1.807) is 23.5 Å². The molecule has 26 heavy (non-hydrogen) atoms. The van der Waals surface area contributed by atoms with Crippen LogP contribution in [0.4, 0.5) is 4.39 Å². The van der Waals surface area contributed by atoms with Gasteiger partial charge in [0.25, 0.3) is 0 Å². The first-order valence-corrected chi connectivity index (χ1v) is 10.1. The number of hydrogen-bond donors (Lipinski definition) is 2. The molecule has 2 unspecified atom stereocenters. The Morgan fingerprint density at radius 3 is 2.77 bits per heavy atom. The molecule has 4 rings (SSSR count). The molecule has 2 aliphatic heterocycles. The quantitative estimate of drug-likeness (QED) is 0.865. The number of thiophene rings is 1. The summed E-state index contributed by atoms with van der Waals surface area (Å²) in [5.74, 6) is 0.547. The lowest BCUT2D eigenvalue weighted by Crippen LogP contribution is -2.48. The van der Waals surface area contributed by atoms with E-state index in [0.717, 1.165) is 44.3 Å². The number of hydrazine groups is 1. The first-order chi connectivity index (χ1) is 12.7. The third-order valence-corrected chi connectivity index (χ3v) is 6.41. The van der Waals surface area contributed by atoms with Crippen LogP contribution < -0.4 is 10.9 Å². The van der Waals surface area contributed by atoms with Crippen molar-refractivity contribution < 1.29 is 9.18 Å². The number of nitrogens with one attached hydrogen (secondary N) is 2.